The van der Waals surface area contributed by atoms with Crippen LogP contribution in [0.4, 0.5) is 5.69 Å². The molecule has 8 nitrogen and oxygen atoms in total. The predicted octanol–water partition coefficient (Wildman–Crippen LogP) is 5.79. The zero-order valence-corrected chi connectivity index (χ0v) is 20.2. The molecule has 0 aliphatic carbocycles. The fraction of sp³-hybridized carbons (Fsp3) is 0.417. The maximum absolute atomic E-state index is 12.5. The first-order valence-corrected chi connectivity index (χ1v) is 10.7. The molecule has 9 heteroatoms. The highest BCUT2D eigenvalue weighted by molar-refractivity contribution is 6.32. The molecule has 0 heterocycles. The molecule has 0 saturated carbocycles. The van der Waals surface area contributed by atoms with Crippen LogP contribution in [0.1, 0.15) is 75.0 Å². The number of nitro groups is 1. The molecule has 2 aromatic rings. The van der Waals surface area contributed by atoms with E-state index in [2.05, 4.69) is 0 Å². The average Bonchev–Trinajstić information content (AvgIpc) is 2.65. The number of nitrogens with zero attached hydrogens (tertiary/aromatic N) is 1. The Hall–Kier alpha value is -3.13. The fourth-order valence-electron chi connectivity index (χ4n) is 3.65. The van der Waals surface area contributed by atoms with Gasteiger partial charge in [-0.2, -0.15) is 0 Å². The van der Waals surface area contributed by atoms with Crippen LogP contribution in [0.3, 0.4) is 0 Å². The maximum Gasteiger partial charge on any atom is 0.335 e. The summed E-state index contributed by atoms with van der Waals surface area (Å²) >= 11 is 5.77. The van der Waals surface area contributed by atoms with Gasteiger partial charge in [-0.3, -0.25) is 14.9 Å². The fourth-order valence-corrected chi connectivity index (χ4v) is 3.83. The van der Waals surface area contributed by atoms with E-state index in [9.17, 15) is 29.9 Å². The van der Waals surface area contributed by atoms with Crippen LogP contribution in [-0.2, 0) is 22.0 Å². The number of aromatic carboxylic acids is 1. The van der Waals surface area contributed by atoms with Gasteiger partial charge in [0.1, 0.15) is 16.5 Å². The minimum absolute atomic E-state index is 0.000730. The van der Waals surface area contributed by atoms with Gasteiger partial charge in [-0.1, -0.05) is 53.1 Å². The SMILES string of the molecule is CC(C)(C)c1cc(C(=O)O)c(CCC(=O)Oc2ccc(Cl)c([N+](=O)[O-])c2)c(C(C)(C)C)c1O. The second-order valence-corrected chi connectivity index (χ2v) is 10.2. The zero-order valence-electron chi connectivity index (χ0n) is 19.5. The van der Waals surface area contributed by atoms with Crippen LogP contribution >= 0.6 is 11.6 Å². The third kappa shape index (κ3) is 6.01. The van der Waals surface area contributed by atoms with Crippen LogP contribution in [-0.4, -0.2) is 27.1 Å². The van der Waals surface area contributed by atoms with E-state index in [1.54, 1.807) is 0 Å². The number of phenols is 1. The van der Waals surface area contributed by atoms with Gasteiger partial charge in [0.15, 0.2) is 0 Å². The van der Waals surface area contributed by atoms with Crippen LogP contribution in [0, 0.1) is 10.1 Å². The molecule has 0 spiro atoms. The third-order valence-electron chi connectivity index (χ3n) is 5.12. The summed E-state index contributed by atoms with van der Waals surface area (Å²) in [6.07, 6.45) is -0.200. The second-order valence-electron chi connectivity index (χ2n) is 9.82. The molecule has 0 atom stereocenters. The third-order valence-corrected chi connectivity index (χ3v) is 5.44. The Morgan fingerprint density at radius 1 is 1.09 bits per heavy atom. The number of hydrogen-bond donors (Lipinski definition) is 2. The number of benzene rings is 2. The molecule has 0 amide bonds. The molecule has 0 radical (unpaired) electrons. The first-order chi connectivity index (χ1) is 15.0. The van der Waals surface area contributed by atoms with Gasteiger partial charge in [0.25, 0.3) is 5.69 Å². The minimum Gasteiger partial charge on any atom is -0.507 e. The number of phenolic OH excluding ortho intramolecular Hbond substituents is 1. The summed E-state index contributed by atoms with van der Waals surface area (Å²) in [6, 6.07) is 5.09. The molecule has 33 heavy (non-hydrogen) atoms. The molecule has 0 aliphatic rings. The number of hydrogen-bond acceptors (Lipinski definition) is 6. The number of carboxylic acids is 1. The van der Waals surface area contributed by atoms with Crippen LogP contribution in [0.5, 0.6) is 11.5 Å². The van der Waals surface area contributed by atoms with Gasteiger partial charge in [-0.25, -0.2) is 4.79 Å². The number of esters is 1. The van der Waals surface area contributed by atoms with Gasteiger partial charge in [-0.05, 0) is 41.0 Å². The molecule has 2 rings (SSSR count). The lowest BCUT2D eigenvalue weighted by Gasteiger charge is -2.30. The summed E-state index contributed by atoms with van der Waals surface area (Å²) in [4.78, 5) is 34.9. The maximum atomic E-state index is 12.5. The number of carboxylic acid groups (broad SMARTS) is 1. The molecule has 0 fully saturated rings. The van der Waals surface area contributed by atoms with Crippen molar-refractivity contribution in [3.63, 3.8) is 0 Å². The number of rotatable bonds is 6. The lowest BCUT2D eigenvalue weighted by Crippen LogP contribution is -2.23. The number of carbonyl (C=O) groups excluding carboxylic acids is 1. The minimum atomic E-state index is -1.16. The molecule has 0 saturated heterocycles. The monoisotopic (exact) mass is 477 g/mol. The van der Waals surface area contributed by atoms with Gasteiger partial charge in [-0.15, -0.1) is 0 Å². The Morgan fingerprint density at radius 3 is 2.18 bits per heavy atom. The van der Waals surface area contributed by atoms with Crippen molar-refractivity contribution in [3.05, 3.63) is 61.7 Å². The van der Waals surface area contributed by atoms with E-state index in [4.69, 9.17) is 16.3 Å². The predicted molar refractivity (Wildman–Crippen MR) is 125 cm³/mol. The standard InChI is InChI=1S/C24H28ClNO7/c1-23(2,3)16-12-15(22(29)30)14(20(21(16)28)24(4,5)6)8-10-19(27)33-13-7-9-17(25)18(11-13)26(31)32/h7,9,11-12,28H,8,10H2,1-6H3,(H,29,30). The zero-order chi connectivity index (χ0) is 25.3. The summed E-state index contributed by atoms with van der Waals surface area (Å²) in [6.45, 7) is 11.2. The van der Waals surface area contributed by atoms with E-state index in [-0.39, 0.29) is 34.9 Å². The van der Waals surface area contributed by atoms with E-state index < -0.39 is 33.4 Å². The molecule has 0 aromatic heterocycles. The second kappa shape index (κ2) is 9.39. The summed E-state index contributed by atoms with van der Waals surface area (Å²) in [5.41, 5.74) is -0.183. The molecule has 0 unspecified atom stereocenters. The van der Waals surface area contributed by atoms with Crippen molar-refractivity contribution in [3.8, 4) is 11.5 Å². The van der Waals surface area contributed by atoms with Crippen molar-refractivity contribution in [2.45, 2.75) is 65.2 Å². The van der Waals surface area contributed by atoms with Crippen LogP contribution < -0.4 is 4.74 Å². The highest BCUT2D eigenvalue weighted by Gasteiger charge is 2.32. The quantitative estimate of drug-likeness (QED) is 0.233. The Labute approximate surface area is 197 Å². The van der Waals surface area contributed by atoms with E-state index >= 15 is 0 Å². The van der Waals surface area contributed by atoms with Gasteiger partial charge < -0.3 is 14.9 Å². The molecule has 2 aromatic carbocycles. The molecule has 2 N–H and O–H groups in total. The highest BCUT2D eigenvalue weighted by atomic mass is 35.5. The lowest BCUT2D eigenvalue weighted by molar-refractivity contribution is -0.384. The van der Waals surface area contributed by atoms with E-state index in [1.807, 2.05) is 41.5 Å². The Balaban J connectivity index is 2.43. The van der Waals surface area contributed by atoms with E-state index in [1.165, 1.54) is 18.2 Å². The number of carbonyl (C=O) groups is 2. The summed E-state index contributed by atoms with van der Waals surface area (Å²) in [5, 5.41) is 31.9. The van der Waals surface area contributed by atoms with Gasteiger partial charge in [0.2, 0.25) is 0 Å². The summed E-state index contributed by atoms with van der Waals surface area (Å²) in [5.74, 6) is -1.90. The molecular weight excluding hydrogens is 450 g/mol. The first-order valence-electron chi connectivity index (χ1n) is 10.3. The topological polar surface area (TPSA) is 127 Å². The first kappa shape index (κ1) is 26.1. The van der Waals surface area contributed by atoms with E-state index in [0.717, 1.165) is 6.07 Å². The van der Waals surface area contributed by atoms with Crippen molar-refractivity contribution in [2.24, 2.45) is 0 Å². The average molecular weight is 478 g/mol. The van der Waals surface area contributed by atoms with Crippen molar-refractivity contribution in [1.29, 1.82) is 0 Å². The van der Waals surface area contributed by atoms with Crippen LogP contribution in [0.15, 0.2) is 24.3 Å². The Bertz CT molecular complexity index is 1110. The van der Waals surface area contributed by atoms with Gasteiger partial charge >= 0.3 is 11.9 Å². The molecule has 0 aliphatic heterocycles. The largest absolute Gasteiger partial charge is 0.507 e. The van der Waals surface area contributed by atoms with Crippen molar-refractivity contribution < 1.29 is 29.5 Å². The number of nitro benzene ring substituents is 1. The summed E-state index contributed by atoms with van der Waals surface area (Å²) < 4.78 is 5.20. The lowest BCUT2D eigenvalue weighted by atomic mass is 9.75. The van der Waals surface area contributed by atoms with Crippen molar-refractivity contribution >= 4 is 29.2 Å². The number of halogens is 1. The molecule has 0 bridgehead atoms. The molecule has 178 valence electrons. The van der Waals surface area contributed by atoms with Crippen molar-refractivity contribution in [2.75, 3.05) is 0 Å². The van der Waals surface area contributed by atoms with Gasteiger partial charge in [0, 0.05) is 11.1 Å². The summed E-state index contributed by atoms with van der Waals surface area (Å²) in [7, 11) is 0. The van der Waals surface area contributed by atoms with Crippen LogP contribution in [0.2, 0.25) is 5.02 Å². The Morgan fingerprint density at radius 2 is 1.70 bits per heavy atom. The van der Waals surface area contributed by atoms with Gasteiger partial charge in [0.05, 0.1) is 23.0 Å². The highest BCUT2D eigenvalue weighted by Crippen LogP contribution is 2.43. The normalized spacial score (nSPS) is 11.8. The van der Waals surface area contributed by atoms with E-state index in [0.29, 0.717) is 16.7 Å². The smallest absolute Gasteiger partial charge is 0.335 e. The Kier molecular flexibility index (Phi) is 7.43. The van der Waals surface area contributed by atoms with Crippen molar-refractivity contribution in [1.82, 2.24) is 0 Å². The molecular formula is C24H28ClNO7. The number of aromatic hydroxyl groups is 1. The number of ether oxygens (including phenoxy) is 1. The van der Waals surface area contributed by atoms with Crippen LogP contribution in [0.25, 0.3) is 0 Å².